The number of fused-ring (bicyclic) bond motifs is 2. The Morgan fingerprint density at radius 3 is 2.08 bits per heavy atom. The van der Waals surface area contributed by atoms with Crippen LogP contribution in [0.25, 0.3) is 27.6 Å². The van der Waals surface area contributed by atoms with Gasteiger partial charge in [0.2, 0.25) is 5.91 Å². The topological polar surface area (TPSA) is 63.2 Å². The fourth-order valence-corrected chi connectivity index (χ4v) is 3.24. The Kier molecular flexibility index (Phi) is 3.93. The van der Waals surface area contributed by atoms with Gasteiger partial charge in [-0.3, -0.25) is 19.7 Å². The molecule has 1 fully saturated rings. The largest absolute Gasteiger partial charge is 0.293 e. The maximum absolute atomic E-state index is 11.9. The molecule has 4 rings (SSSR count). The molecule has 126 valence electrons. The summed E-state index contributed by atoms with van der Waals surface area (Å²) in [5, 5.41) is 6.59. The molecule has 1 saturated heterocycles. The first-order valence-electron chi connectivity index (χ1n) is 8.30. The van der Waals surface area contributed by atoms with Crippen LogP contribution in [0.4, 0.5) is 0 Å². The number of hydrogen-bond donors (Lipinski definition) is 1. The molecule has 0 saturated carbocycles. The molecule has 4 nitrogen and oxygen atoms in total. The van der Waals surface area contributed by atoms with Crippen LogP contribution in [0.5, 0.6) is 0 Å². The number of Topliss-reactive ketones (excluding diaryl/α,β-unsaturated/α-hetero) is 1. The summed E-state index contributed by atoms with van der Waals surface area (Å²) in [6.45, 7) is 0. The van der Waals surface area contributed by atoms with Gasteiger partial charge in [-0.2, -0.15) is 0 Å². The van der Waals surface area contributed by atoms with E-state index in [0.29, 0.717) is 0 Å². The number of nitrogens with one attached hydrogen (secondary N) is 1. The SMILES string of the molecule is O=C1CC(=O)/C(=C/C=C/c2c3ccccc3cc3ccccc23)C(=O)N1. The molecule has 1 heterocycles. The van der Waals surface area contributed by atoms with E-state index in [1.807, 2.05) is 42.5 Å². The Bertz CT molecular complexity index is 1060. The molecule has 26 heavy (non-hydrogen) atoms. The van der Waals surface area contributed by atoms with E-state index in [0.717, 1.165) is 27.1 Å². The second-order valence-corrected chi connectivity index (χ2v) is 6.15. The summed E-state index contributed by atoms with van der Waals surface area (Å²) in [5.41, 5.74) is 1.03. The molecular formula is C22H15NO3. The van der Waals surface area contributed by atoms with Crippen molar-refractivity contribution in [3.63, 3.8) is 0 Å². The highest BCUT2D eigenvalue weighted by Gasteiger charge is 2.27. The monoisotopic (exact) mass is 341 g/mol. The van der Waals surface area contributed by atoms with Crippen LogP contribution >= 0.6 is 0 Å². The Morgan fingerprint density at radius 1 is 0.846 bits per heavy atom. The fraction of sp³-hybridized carbons (Fsp3) is 0.0455. The van der Waals surface area contributed by atoms with E-state index in [2.05, 4.69) is 23.5 Å². The number of allylic oxidation sites excluding steroid dienone is 2. The number of carbonyl (C=O) groups is 3. The van der Waals surface area contributed by atoms with Gasteiger partial charge in [0, 0.05) is 0 Å². The summed E-state index contributed by atoms with van der Waals surface area (Å²) >= 11 is 0. The van der Waals surface area contributed by atoms with Gasteiger partial charge in [-0.05, 0) is 39.3 Å². The molecule has 1 aliphatic heterocycles. The number of ketones is 1. The lowest BCUT2D eigenvalue weighted by molar-refractivity contribution is -0.134. The van der Waals surface area contributed by atoms with Crippen molar-refractivity contribution < 1.29 is 14.4 Å². The Hall–Kier alpha value is -3.53. The van der Waals surface area contributed by atoms with Crippen molar-refractivity contribution in [2.24, 2.45) is 0 Å². The maximum atomic E-state index is 11.9. The molecule has 2 amide bonds. The first-order chi connectivity index (χ1) is 12.6. The van der Waals surface area contributed by atoms with Crippen molar-refractivity contribution in [2.45, 2.75) is 6.42 Å². The molecule has 3 aromatic carbocycles. The van der Waals surface area contributed by atoms with E-state index < -0.39 is 17.6 Å². The zero-order chi connectivity index (χ0) is 18.1. The maximum Gasteiger partial charge on any atom is 0.261 e. The molecule has 3 aromatic rings. The average molecular weight is 341 g/mol. The third kappa shape index (κ3) is 2.82. The van der Waals surface area contributed by atoms with Gasteiger partial charge in [-0.15, -0.1) is 0 Å². The van der Waals surface area contributed by atoms with Crippen molar-refractivity contribution in [2.75, 3.05) is 0 Å². The summed E-state index contributed by atoms with van der Waals surface area (Å²) in [6.07, 6.45) is 4.77. The Balaban J connectivity index is 1.82. The van der Waals surface area contributed by atoms with Crippen LogP contribution in [-0.4, -0.2) is 17.6 Å². The molecule has 4 heteroatoms. The van der Waals surface area contributed by atoms with Crippen molar-refractivity contribution >= 4 is 45.2 Å². The standard InChI is InChI=1S/C22H15NO3/c24-20-13-21(25)23-22(26)19(20)11-5-10-18-16-8-3-1-6-14(16)12-15-7-2-4-9-17(15)18/h1-12H,13H2,(H,23,25,26)/b10-5+,19-11-. The van der Waals surface area contributed by atoms with Crippen molar-refractivity contribution in [3.8, 4) is 0 Å². The lowest BCUT2D eigenvalue weighted by Gasteiger charge is -2.11. The minimum absolute atomic E-state index is 0.00499. The van der Waals surface area contributed by atoms with Crippen LogP contribution < -0.4 is 5.32 Å². The zero-order valence-corrected chi connectivity index (χ0v) is 13.9. The number of hydrogen-bond acceptors (Lipinski definition) is 3. The molecule has 1 aliphatic rings. The zero-order valence-electron chi connectivity index (χ0n) is 13.9. The lowest BCUT2D eigenvalue weighted by atomic mass is 9.96. The number of amides is 2. The first kappa shape index (κ1) is 16.0. The normalized spacial score (nSPS) is 16.8. The average Bonchev–Trinajstić information content (AvgIpc) is 2.63. The van der Waals surface area contributed by atoms with Crippen LogP contribution in [0.2, 0.25) is 0 Å². The molecule has 0 aliphatic carbocycles. The minimum Gasteiger partial charge on any atom is -0.293 e. The van der Waals surface area contributed by atoms with Gasteiger partial charge in [-0.1, -0.05) is 60.7 Å². The summed E-state index contributed by atoms with van der Waals surface area (Å²) in [4.78, 5) is 34.9. The molecule has 1 N–H and O–H groups in total. The molecule has 0 radical (unpaired) electrons. The van der Waals surface area contributed by atoms with Crippen LogP contribution in [0.15, 0.2) is 72.3 Å². The van der Waals surface area contributed by atoms with Crippen LogP contribution in [0.1, 0.15) is 12.0 Å². The van der Waals surface area contributed by atoms with Crippen LogP contribution in [0.3, 0.4) is 0 Å². The summed E-state index contributed by atoms with van der Waals surface area (Å²) in [5.74, 6) is -1.65. The second-order valence-electron chi connectivity index (χ2n) is 6.15. The van der Waals surface area contributed by atoms with Crippen LogP contribution in [0, 0.1) is 0 Å². The van der Waals surface area contributed by atoms with E-state index in [1.165, 1.54) is 6.08 Å². The number of piperidine rings is 1. The van der Waals surface area contributed by atoms with Gasteiger partial charge in [0.15, 0.2) is 5.78 Å². The molecule has 0 spiro atoms. The van der Waals surface area contributed by atoms with Gasteiger partial charge in [0.05, 0.1) is 12.0 Å². The highest BCUT2D eigenvalue weighted by molar-refractivity contribution is 6.30. The van der Waals surface area contributed by atoms with Crippen molar-refractivity contribution in [1.82, 2.24) is 5.32 Å². The Labute approximate surface area is 149 Å². The van der Waals surface area contributed by atoms with Crippen molar-refractivity contribution in [1.29, 1.82) is 0 Å². The smallest absolute Gasteiger partial charge is 0.261 e. The quantitative estimate of drug-likeness (QED) is 0.255. The van der Waals surface area contributed by atoms with E-state index in [4.69, 9.17) is 0 Å². The second kappa shape index (κ2) is 6.41. The van der Waals surface area contributed by atoms with E-state index in [-0.39, 0.29) is 12.0 Å². The van der Waals surface area contributed by atoms with Crippen LogP contribution in [-0.2, 0) is 14.4 Å². The van der Waals surface area contributed by atoms with Gasteiger partial charge in [0.1, 0.15) is 0 Å². The van der Waals surface area contributed by atoms with E-state index >= 15 is 0 Å². The number of imide groups is 1. The van der Waals surface area contributed by atoms with Gasteiger partial charge >= 0.3 is 0 Å². The number of carbonyl (C=O) groups excluding carboxylic acids is 3. The predicted molar refractivity (Wildman–Crippen MR) is 101 cm³/mol. The summed E-state index contributed by atoms with van der Waals surface area (Å²) in [6, 6.07) is 18.3. The molecule has 0 unspecified atom stereocenters. The minimum atomic E-state index is -0.640. The molecule has 0 aromatic heterocycles. The molecule has 0 atom stereocenters. The van der Waals surface area contributed by atoms with E-state index in [9.17, 15) is 14.4 Å². The third-order valence-corrected chi connectivity index (χ3v) is 4.46. The number of benzene rings is 3. The number of rotatable bonds is 2. The Morgan fingerprint density at radius 2 is 1.46 bits per heavy atom. The lowest BCUT2D eigenvalue weighted by Crippen LogP contribution is -2.40. The van der Waals surface area contributed by atoms with E-state index in [1.54, 1.807) is 6.08 Å². The summed E-state index contributed by atoms with van der Waals surface area (Å²) < 4.78 is 0. The fourth-order valence-electron chi connectivity index (χ4n) is 3.24. The third-order valence-electron chi connectivity index (χ3n) is 4.46. The summed E-state index contributed by atoms with van der Waals surface area (Å²) in [7, 11) is 0. The highest BCUT2D eigenvalue weighted by atomic mass is 16.2. The van der Waals surface area contributed by atoms with Gasteiger partial charge in [-0.25, -0.2) is 0 Å². The molecule has 0 bridgehead atoms. The van der Waals surface area contributed by atoms with Crippen molar-refractivity contribution in [3.05, 3.63) is 77.9 Å². The van der Waals surface area contributed by atoms with Gasteiger partial charge < -0.3 is 0 Å². The first-order valence-corrected chi connectivity index (χ1v) is 8.30. The van der Waals surface area contributed by atoms with Gasteiger partial charge in [0.25, 0.3) is 5.91 Å². The predicted octanol–water partition coefficient (Wildman–Crippen LogP) is 3.55. The molecular weight excluding hydrogens is 326 g/mol. The highest BCUT2D eigenvalue weighted by Crippen LogP contribution is 2.29.